The summed E-state index contributed by atoms with van der Waals surface area (Å²) in [6.07, 6.45) is 5.09. The maximum atomic E-state index is 8.86. The molecule has 5 heteroatoms. The van der Waals surface area contributed by atoms with Crippen molar-refractivity contribution in [1.82, 2.24) is 0 Å². The van der Waals surface area contributed by atoms with E-state index in [9.17, 15) is 0 Å². The first kappa shape index (κ1) is 21.9. The van der Waals surface area contributed by atoms with Crippen LogP contribution in [0, 0.1) is 11.8 Å². The number of hydrogen-bond donors (Lipinski definition) is 2. The average molecular weight is 313 g/mol. The van der Waals surface area contributed by atoms with Crippen LogP contribution in [-0.4, -0.2) is 52.0 Å². The van der Waals surface area contributed by atoms with Crippen molar-refractivity contribution in [2.75, 3.05) is 33.0 Å². The zero-order chi connectivity index (χ0) is 16.8. The largest absolute Gasteiger partial charge is 0.396 e. The van der Waals surface area contributed by atoms with Crippen LogP contribution in [0.3, 0.4) is 0 Å². The quantitative estimate of drug-likeness (QED) is 0.456. The summed E-state index contributed by atoms with van der Waals surface area (Å²) in [6.45, 7) is 9.24. The van der Waals surface area contributed by atoms with Gasteiger partial charge in [-0.1, -0.05) is 19.7 Å². The third kappa shape index (κ3) is 11.5. The summed E-state index contributed by atoms with van der Waals surface area (Å²) in [5, 5.41) is 8.86. The van der Waals surface area contributed by atoms with Gasteiger partial charge in [0.2, 0.25) is 0 Å². The SMILES string of the molecule is [B]C(COCC(CCCN)COC(C)CC)C(C)CCCO. The van der Waals surface area contributed by atoms with Crippen molar-refractivity contribution >= 4 is 7.85 Å². The van der Waals surface area contributed by atoms with E-state index >= 15 is 0 Å². The highest BCUT2D eigenvalue weighted by molar-refractivity contribution is 6.11. The third-order valence-corrected chi connectivity index (χ3v) is 4.22. The molecule has 0 amide bonds. The maximum Gasteiger partial charge on any atom is 0.0734 e. The van der Waals surface area contributed by atoms with Crippen LogP contribution in [-0.2, 0) is 9.47 Å². The van der Waals surface area contributed by atoms with Crippen molar-refractivity contribution in [1.29, 1.82) is 0 Å². The van der Waals surface area contributed by atoms with Gasteiger partial charge in [-0.3, -0.25) is 0 Å². The third-order valence-electron chi connectivity index (χ3n) is 4.22. The normalized spacial score (nSPS) is 17.1. The molecule has 0 fully saturated rings. The number of hydrogen-bond acceptors (Lipinski definition) is 4. The summed E-state index contributed by atoms with van der Waals surface area (Å²) < 4.78 is 11.6. The minimum Gasteiger partial charge on any atom is -0.396 e. The zero-order valence-electron chi connectivity index (χ0n) is 14.8. The van der Waals surface area contributed by atoms with Crippen molar-refractivity contribution in [3.05, 3.63) is 0 Å². The molecule has 0 aromatic carbocycles. The molecule has 0 aliphatic heterocycles. The van der Waals surface area contributed by atoms with E-state index in [1.807, 2.05) is 0 Å². The van der Waals surface area contributed by atoms with Gasteiger partial charge in [0.15, 0.2) is 0 Å². The number of aliphatic hydroxyl groups is 1. The van der Waals surface area contributed by atoms with E-state index in [-0.39, 0.29) is 12.4 Å². The summed E-state index contributed by atoms with van der Waals surface area (Å²) in [6, 6.07) is 0. The van der Waals surface area contributed by atoms with Crippen molar-refractivity contribution in [3.63, 3.8) is 0 Å². The molecule has 3 N–H and O–H groups in total. The fraction of sp³-hybridized carbons (Fsp3) is 1.00. The molecule has 0 rings (SSSR count). The summed E-state index contributed by atoms with van der Waals surface area (Å²) in [7, 11) is 6.13. The summed E-state index contributed by atoms with van der Waals surface area (Å²) in [5.74, 6) is 0.778. The molecule has 130 valence electrons. The number of ether oxygens (including phenoxy) is 2. The summed E-state index contributed by atoms with van der Waals surface area (Å²) >= 11 is 0. The van der Waals surface area contributed by atoms with Crippen LogP contribution >= 0.6 is 0 Å². The van der Waals surface area contributed by atoms with Crippen LogP contribution in [0.4, 0.5) is 0 Å². The Kier molecular flexibility index (Phi) is 14.4. The van der Waals surface area contributed by atoms with Gasteiger partial charge in [0.1, 0.15) is 0 Å². The Bertz CT molecular complexity index is 244. The van der Waals surface area contributed by atoms with E-state index in [1.54, 1.807) is 0 Å². The molecule has 4 nitrogen and oxygen atoms in total. The molecule has 2 radical (unpaired) electrons. The van der Waals surface area contributed by atoms with Gasteiger partial charge < -0.3 is 20.3 Å². The van der Waals surface area contributed by atoms with Crippen molar-refractivity contribution in [3.8, 4) is 0 Å². The zero-order valence-corrected chi connectivity index (χ0v) is 14.8. The Morgan fingerprint density at radius 1 is 1.09 bits per heavy atom. The molecule has 4 atom stereocenters. The smallest absolute Gasteiger partial charge is 0.0734 e. The van der Waals surface area contributed by atoms with E-state index < -0.39 is 0 Å². The topological polar surface area (TPSA) is 64.7 Å². The molecule has 0 saturated carbocycles. The van der Waals surface area contributed by atoms with Gasteiger partial charge >= 0.3 is 0 Å². The van der Waals surface area contributed by atoms with E-state index in [2.05, 4.69) is 20.8 Å². The predicted octanol–water partition coefficient (Wildman–Crippen LogP) is 2.54. The lowest BCUT2D eigenvalue weighted by atomic mass is 9.76. The standard InChI is InChI=1S/C17H36BNO3/c1-4-15(3)22-12-16(8-5-9-19)11-21-13-17(18)14(2)7-6-10-20/h14-17,20H,4-13,19H2,1-3H3. The molecular formula is C17H36BNO3. The number of aliphatic hydroxyl groups excluding tert-OH is 1. The van der Waals surface area contributed by atoms with Crippen molar-refractivity contribution in [2.45, 2.75) is 64.8 Å². The van der Waals surface area contributed by atoms with Crippen molar-refractivity contribution in [2.24, 2.45) is 17.6 Å². The number of nitrogens with two attached hydrogens (primary N) is 1. The van der Waals surface area contributed by atoms with Crippen LogP contribution in [0.5, 0.6) is 0 Å². The Hall–Kier alpha value is -0.0951. The van der Waals surface area contributed by atoms with E-state index in [4.69, 9.17) is 28.2 Å². The van der Waals surface area contributed by atoms with Crippen LogP contribution in [0.1, 0.15) is 52.9 Å². The van der Waals surface area contributed by atoms with Gasteiger partial charge in [-0.2, -0.15) is 0 Å². The summed E-state index contributed by atoms with van der Waals surface area (Å²) in [4.78, 5) is 0. The second-order valence-electron chi connectivity index (χ2n) is 6.39. The highest BCUT2D eigenvalue weighted by Crippen LogP contribution is 2.20. The van der Waals surface area contributed by atoms with E-state index in [1.165, 1.54) is 0 Å². The monoisotopic (exact) mass is 313 g/mol. The van der Waals surface area contributed by atoms with Gasteiger partial charge in [0.05, 0.1) is 27.2 Å². The first-order valence-electron chi connectivity index (χ1n) is 8.80. The molecule has 0 bridgehead atoms. The van der Waals surface area contributed by atoms with Crippen LogP contribution < -0.4 is 5.73 Å². The average Bonchev–Trinajstić information content (AvgIpc) is 2.53. The maximum absolute atomic E-state index is 8.86. The Morgan fingerprint density at radius 3 is 2.41 bits per heavy atom. The Labute approximate surface area is 138 Å². The molecule has 0 heterocycles. The van der Waals surface area contributed by atoms with Crippen molar-refractivity contribution < 1.29 is 14.6 Å². The molecule has 0 aliphatic rings. The van der Waals surface area contributed by atoms with E-state index in [0.29, 0.717) is 37.7 Å². The van der Waals surface area contributed by atoms with E-state index in [0.717, 1.165) is 38.7 Å². The predicted molar refractivity (Wildman–Crippen MR) is 93.3 cm³/mol. The molecule has 0 spiro atoms. The molecule has 22 heavy (non-hydrogen) atoms. The first-order chi connectivity index (χ1) is 10.5. The molecule has 0 aliphatic carbocycles. The molecule has 0 saturated heterocycles. The van der Waals surface area contributed by atoms with Crippen LogP contribution in [0.25, 0.3) is 0 Å². The molecular weight excluding hydrogens is 277 g/mol. The highest BCUT2D eigenvalue weighted by Gasteiger charge is 2.15. The van der Waals surface area contributed by atoms with Gasteiger partial charge in [-0.05, 0) is 51.5 Å². The summed E-state index contributed by atoms with van der Waals surface area (Å²) in [5.41, 5.74) is 5.60. The lowest BCUT2D eigenvalue weighted by molar-refractivity contribution is 0.00124. The minimum atomic E-state index is 0.0252. The lowest BCUT2D eigenvalue weighted by Crippen LogP contribution is -2.22. The van der Waals surface area contributed by atoms with Crippen LogP contribution in [0.2, 0.25) is 5.82 Å². The fourth-order valence-corrected chi connectivity index (χ4v) is 2.20. The Balaban J connectivity index is 3.99. The fourth-order valence-electron chi connectivity index (χ4n) is 2.20. The number of rotatable bonds is 15. The Morgan fingerprint density at radius 2 is 1.82 bits per heavy atom. The van der Waals surface area contributed by atoms with Crippen LogP contribution in [0.15, 0.2) is 0 Å². The molecule has 0 aromatic heterocycles. The highest BCUT2D eigenvalue weighted by atomic mass is 16.5. The lowest BCUT2D eigenvalue weighted by Gasteiger charge is -2.23. The van der Waals surface area contributed by atoms with Gasteiger partial charge in [0.25, 0.3) is 0 Å². The van der Waals surface area contributed by atoms with Gasteiger partial charge in [-0.25, -0.2) is 0 Å². The molecule has 4 unspecified atom stereocenters. The van der Waals surface area contributed by atoms with Gasteiger partial charge in [0, 0.05) is 19.1 Å². The second-order valence-corrected chi connectivity index (χ2v) is 6.39. The molecule has 0 aromatic rings. The van der Waals surface area contributed by atoms with Gasteiger partial charge in [-0.15, -0.1) is 0 Å². The second kappa shape index (κ2) is 14.5. The minimum absolute atomic E-state index is 0.0252. The first-order valence-corrected chi connectivity index (χ1v) is 8.80.